The third-order valence-electron chi connectivity index (χ3n) is 5.42. The number of carbonyl (C=O) groups is 1. The van der Waals surface area contributed by atoms with Crippen LogP contribution in [0.25, 0.3) is 0 Å². The fraction of sp³-hybridized carbons (Fsp3) is 0.591. The van der Waals surface area contributed by atoms with Crippen molar-refractivity contribution in [3.63, 3.8) is 0 Å². The van der Waals surface area contributed by atoms with Crippen LogP contribution in [0.5, 0.6) is 0 Å². The first-order chi connectivity index (χ1) is 12.6. The van der Waals surface area contributed by atoms with E-state index in [1.807, 2.05) is 30.3 Å². The van der Waals surface area contributed by atoms with Crippen LogP contribution in [0.3, 0.4) is 0 Å². The molecule has 2 rings (SSSR count). The molecule has 0 spiro atoms. The molecule has 0 aromatic heterocycles. The first-order valence-electron chi connectivity index (χ1n) is 9.87. The summed E-state index contributed by atoms with van der Waals surface area (Å²) in [6, 6.07) is 9.35. The molecule has 1 aromatic rings. The van der Waals surface area contributed by atoms with E-state index in [4.69, 9.17) is 0 Å². The van der Waals surface area contributed by atoms with E-state index in [1.165, 1.54) is 6.42 Å². The van der Waals surface area contributed by atoms with Gasteiger partial charge in [-0.25, -0.2) is 0 Å². The molecule has 1 aliphatic carbocycles. The van der Waals surface area contributed by atoms with Gasteiger partial charge in [0.15, 0.2) is 5.60 Å². The minimum atomic E-state index is -1.47. The van der Waals surface area contributed by atoms with Gasteiger partial charge in [-0.2, -0.15) is 0 Å². The lowest BCUT2D eigenvalue weighted by Crippen LogP contribution is -2.50. The van der Waals surface area contributed by atoms with Crippen LogP contribution in [0.2, 0.25) is 0 Å². The lowest BCUT2D eigenvalue weighted by atomic mass is 9.73. The average molecular weight is 357 g/mol. The molecule has 0 radical (unpaired) electrons. The van der Waals surface area contributed by atoms with Crippen LogP contribution in [0.4, 0.5) is 0 Å². The Morgan fingerprint density at radius 2 is 1.81 bits per heavy atom. The molecule has 142 valence electrons. The van der Waals surface area contributed by atoms with Crippen LogP contribution in [0.15, 0.2) is 30.3 Å². The van der Waals surface area contributed by atoms with Gasteiger partial charge in [0.05, 0.1) is 13.1 Å². The molecule has 4 heteroatoms. The minimum absolute atomic E-state index is 0.0396. The van der Waals surface area contributed by atoms with Gasteiger partial charge in [0, 0.05) is 5.92 Å². The Balaban J connectivity index is 2.06. The van der Waals surface area contributed by atoms with Crippen LogP contribution in [0.1, 0.15) is 51.5 Å². The molecule has 2 N–H and O–H groups in total. The summed E-state index contributed by atoms with van der Waals surface area (Å²) in [5, 5.41) is 14.3. The molecule has 1 aromatic carbocycles. The Morgan fingerprint density at radius 1 is 1.15 bits per heavy atom. The Hall–Kier alpha value is -1.83. The van der Waals surface area contributed by atoms with Gasteiger partial charge in [-0.15, -0.1) is 0 Å². The molecule has 1 saturated carbocycles. The van der Waals surface area contributed by atoms with Crippen molar-refractivity contribution in [2.24, 2.45) is 5.92 Å². The van der Waals surface area contributed by atoms with E-state index in [2.05, 4.69) is 35.9 Å². The molecule has 1 aliphatic rings. The van der Waals surface area contributed by atoms with E-state index in [-0.39, 0.29) is 18.4 Å². The highest BCUT2D eigenvalue weighted by Gasteiger charge is 2.45. The molecule has 0 heterocycles. The monoisotopic (exact) mass is 356 g/mol. The number of carbonyl (C=O) groups excluding carboxylic acids is 1. The van der Waals surface area contributed by atoms with Crippen molar-refractivity contribution in [2.75, 3.05) is 26.2 Å². The molecule has 1 fully saturated rings. The third kappa shape index (κ3) is 5.09. The quantitative estimate of drug-likeness (QED) is 0.739. The van der Waals surface area contributed by atoms with Crippen molar-refractivity contribution >= 4 is 5.91 Å². The second-order valence-electron chi connectivity index (χ2n) is 6.96. The van der Waals surface area contributed by atoms with Gasteiger partial charge in [0.1, 0.15) is 0 Å². The Labute approximate surface area is 158 Å². The SMILES string of the molecule is CCN(CC)CC#CCNC(=O)C(O)(c1ccccc1)C1CCCCC1. The third-order valence-corrected chi connectivity index (χ3v) is 5.42. The number of nitrogens with one attached hydrogen (secondary N) is 1. The van der Waals surface area contributed by atoms with Gasteiger partial charge < -0.3 is 10.4 Å². The lowest BCUT2D eigenvalue weighted by Gasteiger charge is -2.37. The number of rotatable bonds is 7. The fourth-order valence-corrected chi connectivity index (χ4v) is 3.70. The second-order valence-corrected chi connectivity index (χ2v) is 6.96. The van der Waals surface area contributed by atoms with Crippen LogP contribution in [-0.4, -0.2) is 42.1 Å². The predicted octanol–water partition coefficient (Wildman–Crippen LogP) is 2.92. The van der Waals surface area contributed by atoms with Gasteiger partial charge in [-0.1, -0.05) is 75.3 Å². The molecule has 1 atom stereocenters. The summed E-state index contributed by atoms with van der Waals surface area (Å²) in [7, 11) is 0. The first kappa shape index (κ1) is 20.5. The number of nitrogens with zero attached hydrogens (tertiary/aromatic N) is 1. The highest BCUT2D eigenvalue weighted by atomic mass is 16.3. The number of hydrogen-bond acceptors (Lipinski definition) is 3. The number of amides is 1. The summed E-state index contributed by atoms with van der Waals surface area (Å²) < 4.78 is 0. The summed E-state index contributed by atoms with van der Waals surface area (Å²) in [4.78, 5) is 15.2. The summed E-state index contributed by atoms with van der Waals surface area (Å²) >= 11 is 0. The standard InChI is InChI=1S/C22H32N2O2/c1-3-24(4-2)18-12-11-17-23-21(25)22(26,19-13-7-5-8-14-19)20-15-9-6-10-16-20/h5,7-8,13-14,20,26H,3-4,6,9-10,15-18H2,1-2H3,(H,23,25). The molecular weight excluding hydrogens is 324 g/mol. The molecule has 1 amide bonds. The van der Waals surface area contributed by atoms with E-state index in [1.54, 1.807) is 0 Å². The van der Waals surface area contributed by atoms with E-state index in [0.717, 1.165) is 38.8 Å². The second kappa shape index (κ2) is 10.4. The Bertz CT molecular complexity index is 610. The molecule has 0 saturated heterocycles. The summed E-state index contributed by atoms with van der Waals surface area (Å²) in [6.07, 6.45) is 5.08. The van der Waals surface area contributed by atoms with Gasteiger partial charge in [-0.05, 0) is 31.5 Å². The maximum absolute atomic E-state index is 12.9. The van der Waals surface area contributed by atoms with Crippen molar-refractivity contribution < 1.29 is 9.90 Å². The minimum Gasteiger partial charge on any atom is -0.375 e. The zero-order chi connectivity index (χ0) is 18.8. The summed E-state index contributed by atoms with van der Waals surface area (Å²) in [6.45, 7) is 7.12. The highest BCUT2D eigenvalue weighted by Crippen LogP contribution is 2.39. The molecule has 4 nitrogen and oxygen atoms in total. The maximum atomic E-state index is 12.9. The van der Waals surface area contributed by atoms with Crippen LogP contribution < -0.4 is 5.32 Å². The summed E-state index contributed by atoms with van der Waals surface area (Å²) in [5.41, 5.74) is -0.789. The van der Waals surface area contributed by atoms with Crippen LogP contribution in [0, 0.1) is 17.8 Å². The van der Waals surface area contributed by atoms with E-state index in [0.29, 0.717) is 12.1 Å². The Morgan fingerprint density at radius 3 is 2.42 bits per heavy atom. The van der Waals surface area contributed by atoms with Crippen molar-refractivity contribution in [1.29, 1.82) is 0 Å². The predicted molar refractivity (Wildman–Crippen MR) is 105 cm³/mol. The van der Waals surface area contributed by atoms with E-state index < -0.39 is 5.60 Å². The van der Waals surface area contributed by atoms with Crippen LogP contribution >= 0.6 is 0 Å². The van der Waals surface area contributed by atoms with Gasteiger partial charge in [0.2, 0.25) is 0 Å². The highest BCUT2D eigenvalue weighted by molar-refractivity contribution is 5.87. The van der Waals surface area contributed by atoms with Gasteiger partial charge in [0.25, 0.3) is 5.91 Å². The molecule has 0 bridgehead atoms. The van der Waals surface area contributed by atoms with E-state index >= 15 is 0 Å². The van der Waals surface area contributed by atoms with Crippen molar-refractivity contribution in [2.45, 2.75) is 51.6 Å². The lowest BCUT2D eigenvalue weighted by molar-refractivity contribution is -0.149. The molecule has 0 aliphatic heterocycles. The van der Waals surface area contributed by atoms with E-state index in [9.17, 15) is 9.90 Å². The Kier molecular flexibility index (Phi) is 8.15. The normalized spacial score (nSPS) is 17.2. The summed E-state index contributed by atoms with van der Waals surface area (Å²) in [5.74, 6) is 5.73. The maximum Gasteiger partial charge on any atom is 0.257 e. The number of aliphatic hydroxyl groups is 1. The van der Waals surface area contributed by atoms with Crippen molar-refractivity contribution in [1.82, 2.24) is 10.2 Å². The van der Waals surface area contributed by atoms with Gasteiger partial charge >= 0.3 is 0 Å². The molecular formula is C22H32N2O2. The smallest absolute Gasteiger partial charge is 0.257 e. The van der Waals surface area contributed by atoms with Crippen molar-refractivity contribution in [3.05, 3.63) is 35.9 Å². The zero-order valence-corrected chi connectivity index (χ0v) is 16.1. The number of hydrogen-bond donors (Lipinski definition) is 2. The molecule has 1 unspecified atom stereocenters. The van der Waals surface area contributed by atoms with Crippen molar-refractivity contribution in [3.8, 4) is 11.8 Å². The largest absolute Gasteiger partial charge is 0.375 e. The van der Waals surface area contributed by atoms with Gasteiger partial charge in [-0.3, -0.25) is 9.69 Å². The first-order valence-corrected chi connectivity index (χ1v) is 9.87. The van der Waals surface area contributed by atoms with Crippen LogP contribution in [-0.2, 0) is 10.4 Å². The average Bonchev–Trinajstić information content (AvgIpc) is 2.71. The number of benzene rings is 1. The fourth-order valence-electron chi connectivity index (χ4n) is 3.70. The zero-order valence-electron chi connectivity index (χ0n) is 16.1. The topological polar surface area (TPSA) is 52.6 Å². The molecule has 26 heavy (non-hydrogen) atoms.